The second kappa shape index (κ2) is 9.65. The largest absolute Gasteiger partial charge is 0.508 e. The van der Waals surface area contributed by atoms with Crippen molar-refractivity contribution in [3.8, 4) is 23.0 Å². The highest BCUT2D eigenvalue weighted by Crippen LogP contribution is 2.56. The molecule has 5 rings (SSSR count). The number of phenols is 1. The number of phenolic OH excluding ortho intramolecular Hbond substituents is 1. The Balaban J connectivity index is 1.59. The summed E-state index contributed by atoms with van der Waals surface area (Å²) in [6, 6.07) is 5.14. The van der Waals surface area contributed by atoms with Gasteiger partial charge < -0.3 is 5.11 Å². The van der Waals surface area contributed by atoms with E-state index in [2.05, 4.69) is 39.1 Å². The van der Waals surface area contributed by atoms with Crippen LogP contribution in [0.15, 0.2) is 36.8 Å². The van der Waals surface area contributed by atoms with Crippen LogP contribution in [0.1, 0.15) is 62.8 Å². The summed E-state index contributed by atoms with van der Waals surface area (Å²) in [5, 5.41) is 22.7. The van der Waals surface area contributed by atoms with Crippen molar-refractivity contribution < 1.29 is 22.3 Å². The number of rotatable bonds is 6. The molecule has 0 aliphatic heterocycles. The number of fused-ring (bicyclic) bond motifs is 1. The molecule has 0 unspecified atom stereocenters. The smallest absolute Gasteiger partial charge is 0.252 e. The van der Waals surface area contributed by atoms with E-state index in [1.54, 1.807) is 18.3 Å². The Morgan fingerprint density at radius 3 is 2.48 bits per heavy atom. The molecule has 40 heavy (non-hydrogen) atoms. The molecule has 0 saturated carbocycles. The van der Waals surface area contributed by atoms with Crippen LogP contribution >= 0.6 is 0 Å². The predicted octanol–water partition coefficient (Wildman–Crippen LogP) is 3.92. The molecule has 10 nitrogen and oxygen atoms in total. The van der Waals surface area contributed by atoms with Gasteiger partial charge in [0.05, 0.1) is 33.8 Å². The van der Waals surface area contributed by atoms with Gasteiger partial charge in [0.25, 0.3) is 5.95 Å². The lowest BCUT2D eigenvalue weighted by Gasteiger charge is -2.49. The van der Waals surface area contributed by atoms with Crippen molar-refractivity contribution in [2.24, 2.45) is 5.41 Å². The monoisotopic (exact) mass is 569 g/mol. The summed E-state index contributed by atoms with van der Waals surface area (Å²) < 4.78 is 53.8. The maximum Gasteiger partial charge on any atom is 0.252 e. The molecule has 0 saturated heterocycles. The lowest BCUT2D eigenvalue weighted by atomic mass is 9.54. The molecule has 3 heterocycles. The van der Waals surface area contributed by atoms with E-state index in [4.69, 9.17) is 4.98 Å². The number of aromatic nitrogens is 7. The summed E-state index contributed by atoms with van der Waals surface area (Å²) in [6.45, 7) is 8.27. The molecule has 13 heteroatoms. The highest BCUT2D eigenvalue weighted by Gasteiger charge is 2.52. The molecular formula is C27H29F2N7O3S. The molecule has 0 spiro atoms. The van der Waals surface area contributed by atoms with Crippen LogP contribution in [0, 0.1) is 17.0 Å². The number of hydrogen-bond acceptors (Lipinski definition) is 9. The van der Waals surface area contributed by atoms with Crippen LogP contribution in [0.2, 0.25) is 0 Å². The van der Waals surface area contributed by atoms with Crippen molar-refractivity contribution in [3.63, 3.8) is 0 Å². The number of benzene rings is 1. The summed E-state index contributed by atoms with van der Waals surface area (Å²) in [6.07, 6.45) is 5.10. The summed E-state index contributed by atoms with van der Waals surface area (Å²) in [7, 11) is -3.17. The molecule has 0 radical (unpaired) electrons. The zero-order valence-corrected chi connectivity index (χ0v) is 23.5. The minimum Gasteiger partial charge on any atom is -0.508 e. The van der Waals surface area contributed by atoms with Crippen molar-refractivity contribution >= 4 is 9.84 Å². The van der Waals surface area contributed by atoms with E-state index in [9.17, 15) is 22.3 Å². The Kier molecular flexibility index (Phi) is 6.68. The summed E-state index contributed by atoms with van der Waals surface area (Å²) in [5.41, 5.74) is 0.625. The zero-order chi connectivity index (χ0) is 29.0. The summed E-state index contributed by atoms with van der Waals surface area (Å²) >= 11 is 0. The molecule has 0 bridgehead atoms. The third-order valence-electron chi connectivity index (χ3n) is 7.88. The first-order chi connectivity index (χ1) is 18.7. The van der Waals surface area contributed by atoms with Gasteiger partial charge in [-0.05, 0) is 42.4 Å². The Morgan fingerprint density at radius 1 is 1.10 bits per heavy atom. The average molecular weight is 570 g/mol. The van der Waals surface area contributed by atoms with E-state index in [1.165, 1.54) is 11.0 Å². The van der Waals surface area contributed by atoms with Crippen LogP contribution in [-0.2, 0) is 21.7 Å². The Hall–Kier alpha value is -3.87. The number of aromatic hydroxyl groups is 1. The van der Waals surface area contributed by atoms with Crippen molar-refractivity contribution in [1.29, 1.82) is 0 Å². The lowest BCUT2D eigenvalue weighted by Crippen LogP contribution is -2.47. The molecular weight excluding hydrogens is 540 g/mol. The van der Waals surface area contributed by atoms with E-state index < -0.39 is 32.6 Å². The van der Waals surface area contributed by atoms with Gasteiger partial charge in [-0.3, -0.25) is 0 Å². The normalized spacial score (nSPS) is 20.3. The van der Waals surface area contributed by atoms with Crippen molar-refractivity contribution in [3.05, 3.63) is 71.2 Å². The second-order valence-electron chi connectivity index (χ2n) is 11.2. The average Bonchev–Trinajstić information content (AvgIpc) is 3.34. The number of halogens is 2. The Bertz CT molecular complexity index is 1700. The molecule has 1 aliphatic carbocycles. The maximum atomic E-state index is 14.7. The Labute approximate surface area is 230 Å². The highest BCUT2D eigenvalue weighted by atomic mass is 32.2. The van der Waals surface area contributed by atoms with E-state index in [-0.39, 0.29) is 40.7 Å². The molecule has 1 aliphatic rings. The molecule has 2 atom stereocenters. The number of hydrogen-bond donors (Lipinski definition) is 1. The van der Waals surface area contributed by atoms with Crippen LogP contribution in [0.5, 0.6) is 5.75 Å². The first-order valence-electron chi connectivity index (χ1n) is 12.7. The SMILES string of the molecule is C[C@@H]1CC(C)(C)[C@@](C)(c2ccnc(-n3cnc(CCS(C)(=O)=O)n3)n2)c2nnc(-c3c(F)cc(O)cc3F)cc21. The van der Waals surface area contributed by atoms with Crippen LogP contribution < -0.4 is 0 Å². The molecule has 4 aromatic rings. The van der Waals surface area contributed by atoms with Gasteiger partial charge in [-0.1, -0.05) is 20.8 Å². The van der Waals surface area contributed by atoms with Gasteiger partial charge >= 0.3 is 0 Å². The van der Waals surface area contributed by atoms with Crippen molar-refractivity contribution in [2.45, 2.75) is 51.9 Å². The van der Waals surface area contributed by atoms with E-state index in [1.807, 2.05) is 13.8 Å². The molecule has 1 N–H and O–H groups in total. The van der Waals surface area contributed by atoms with Crippen LogP contribution in [-0.4, -0.2) is 60.5 Å². The molecule has 0 fully saturated rings. The zero-order valence-electron chi connectivity index (χ0n) is 22.7. The van der Waals surface area contributed by atoms with Gasteiger partial charge in [-0.25, -0.2) is 32.2 Å². The minimum atomic E-state index is -3.17. The maximum absolute atomic E-state index is 14.7. The topological polar surface area (TPSA) is 137 Å². The first kappa shape index (κ1) is 27.7. The fourth-order valence-electron chi connectivity index (χ4n) is 5.49. The number of nitrogens with zero attached hydrogens (tertiary/aromatic N) is 7. The highest BCUT2D eigenvalue weighted by molar-refractivity contribution is 7.90. The summed E-state index contributed by atoms with van der Waals surface area (Å²) in [4.78, 5) is 13.4. The molecule has 1 aromatic carbocycles. The fraction of sp³-hybridized carbons (Fsp3) is 0.407. The van der Waals surface area contributed by atoms with Gasteiger partial charge in [-0.15, -0.1) is 10.2 Å². The Morgan fingerprint density at radius 2 is 1.80 bits per heavy atom. The quantitative estimate of drug-likeness (QED) is 0.366. The first-order valence-corrected chi connectivity index (χ1v) is 14.7. The van der Waals surface area contributed by atoms with Gasteiger partial charge in [-0.2, -0.15) is 9.78 Å². The van der Waals surface area contributed by atoms with Crippen LogP contribution in [0.3, 0.4) is 0 Å². The molecule has 0 amide bonds. The molecule has 210 valence electrons. The van der Waals surface area contributed by atoms with Crippen molar-refractivity contribution in [1.82, 2.24) is 34.9 Å². The third kappa shape index (κ3) is 4.82. The van der Waals surface area contributed by atoms with E-state index in [0.29, 0.717) is 17.2 Å². The number of sulfone groups is 1. The van der Waals surface area contributed by atoms with E-state index >= 15 is 0 Å². The minimum absolute atomic E-state index is 0.00425. The third-order valence-corrected chi connectivity index (χ3v) is 8.82. The lowest BCUT2D eigenvalue weighted by molar-refractivity contribution is 0.158. The predicted molar refractivity (Wildman–Crippen MR) is 143 cm³/mol. The molecule has 3 aromatic heterocycles. The van der Waals surface area contributed by atoms with E-state index in [0.717, 1.165) is 30.4 Å². The van der Waals surface area contributed by atoms with Gasteiger partial charge in [0.15, 0.2) is 5.82 Å². The van der Waals surface area contributed by atoms with Gasteiger partial charge in [0, 0.05) is 31.0 Å². The van der Waals surface area contributed by atoms with Crippen LogP contribution in [0.25, 0.3) is 17.2 Å². The van der Waals surface area contributed by atoms with Gasteiger partial charge in [0.1, 0.15) is 33.5 Å². The second-order valence-corrected chi connectivity index (χ2v) is 13.4. The summed E-state index contributed by atoms with van der Waals surface area (Å²) in [5.74, 6) is -1.82. The number of aryl methyl sites for hydroxylation is 1. The standard InChI is InChI=1S/C27H29F2N7O3S/c1-15-13-26(2,3)27(4,24-17(15)12-20(33-34-24)23-18(28)10-16(37)11-19(23)29)21-6-8-30-25(32-21)36-14-31-22(35-36)7-9-40(5,38)39/h6,8,10-12,14-15,37H,7,9,13H2,1-5H3/t15-,27+/m1/s1. The fourth-order valence-corrected chi connectivity index (χ4v) is 6.04. The van der Waals surface area contributed by atoms with Crippen LogP contribution in [0.4, 0.5) is 8.78 Å². The van der Waals surface area contributed by atoms with Gasteiger partial charge in [0.2, 0.25) is 0 Å². The van der Waals surface area contributed by atoms with Crippen molar-refractivity contribution in [2.75, 3.05) is 12.0 Å².